The lowest BCUT2D eigenvalue weighted by Gasteiger charge is -2.51. The van der Waals surface area contributed by atoms with Crippen molar-refractivity contribution in [1.29, 1.82) is 0 Å². The number of rotatable bonds is 9. The molecule has 1 saturated carbocycles. The van der Waals surface area contributed by atoms with Gasteiger partial charge in [0.15, 0.2) is 12.4 Å². The van der Waals surface area contributed by atoms with Crippen LogP contribution in [0.2, 0.25) is 0 Å². The van der Waals surface area contributed by atoms with E-state index in [4.69, 9.17) is 18.9 Å². The minimum Gasteiger partial charge on any atom is -0.507 e. The van der Waals surface area contributed by atoms with Crippen molar-refractivity contribution in [2.45, 2.75) is 69.7 Å². The van der Waals surface area contributed by atoms with Crippen LogP contribution in [0.1, 0.15) is 56.7 Å². The quantitative estimate of drug-likeness (QED) is 0.410. The minimum absolute atomic E-state index is 0.0222. The summed E-state index contributed by atoms with van der Waals surface area (Å²) in [7, 11) is 1.48. The van der Waals surface area contributed by atoms with Crippen LogP contribution in [0.25, 0.3) is 0 Å². The highest BCUT2D eigenvalue weighted by atomic mass is 16.6. The maximum absolute atomic E-state index is 12.6. The number of phenols is 1. The summed E-state index contributed by atoms with van der Waals surface area (Å²) in [6, 6.07) is 5.15. The third-order valence-corrected chi connectivity index (χ3v) is 7.31. The van der Waals surface area contributed by atoms with Crippen molar-refractivity contribution in [3.8, 4) is 17.2 Å². The number of phenolic OH excluding ortho intramolecular Hbond substituents is 1. The van der Waals surface area contributed by atoms with Gasteiger partial charge < -0.3 is 29.4 Å². The van der Waals surface area contributed by atoms with Crippen molar-refractivity contribution in [1.82, 2.24) is 15.1 Å². The van der Waals surface area contributed by atoms with Gasteiger partial charge in [0.1, 0.15) is 23.4 Å². The Morgan fingerprint density at radius 3 is 2.77 bits per heavy atom. The molecule has 3 heterocycles. The fraction of sp³-hybridized carbons (Fsp3) is 0.556. The number of nitrogens with one attached hydrogen (secondary N) is 2. The highest BCUT2D eigenvalue weighted by Gasteiger charge is 2.47. The van der Waals surface area contributed by atoms with Gasteiger partial charge >= 0.3 is 6.09 Å². The number of morpholine rings is 1. The Hall–Kier alpha value is -3.80. The van der Waals surface area contributed by atoms with E-state index >= 15 is 0 Å². The second-order valence-corrected chi connectivity index (χ2v) is 10.5. The van der Waals surface area contributed by atoms with Crippen LogP contribution in [0.3, 0.4) is 0 Å². The summed E-state index contributed by atoms with van der Waals surface area (Å²) in [6.45, 7) is 4.69. The first-order chi connectivity index (χ1) is 18.8. The zero-order valence-corrected chi connectivity index (χ0v) is 22.4. The van der Waals surface area contributed by atoms with Crippen molar-refractivity contribution >= 4 is 24.0 Å². The molecule has 5 rings (SSSR count). The number of H-pyrrole nitrogens is 1. The Morgan fingerprint density at radius 2 is 2.05 bits per heavy atom. The number of benzene rings is 1. The predicted molar refractivity (Wildman–Crippen MR) is 142 cm³/mol. The molecule has 12 heteroatoms. The number of ether oxygens (including phenoxy) is 4. The van der Waals surface area contributed by atoms with Gasteiger partial charge in [-0.1, -0.05) is 0 Å². The zero-order valence-electron chi connectivity index (χ0n) is 22.4. The van der Waals surface area contributed by atoms with E-state index in [-0.39, 0.29) is 54.3 Å². The third kappa shape index (κ3) is 6.11. The molecular formula is C27H35N5O7. The molecule has 2 aromatic rings. The van der Waals surface area contributed by atoms with E-state index in [2.05, 4.69) is 20.5 Å². The lowest BCUT2D eigenvalue weighted by Crippen LogP contribution is -2.65. The van der Waals surface area contributed by atoms with Crippen molar-refractivity contribution < 1.29 is 33.6 Å². The first-order valence-electron chi connectivity index (χ1n) is 13.3. The van der Waals surface area contributed by atoms with Gasteiger partial charge in [0.25, 0.3) is 5.91 Å². The number of anilines is 1. The Balaban J connectivity index is 1.13. The second-order valence-electron chi connectivity index (χ2n) is 10.5. The number of methoxy groups -OCH3 is 1. The van der Waals surface area contributed by atoms with Crippen LogP contribution >= 0.6 is 0 Å². The summed E-state index contributed by atoms with van der Waals surface area (Å²) < 4.78 is 22.1. The van der Waals surface area contributed by atoms with Gasteiger partial charge in [0.2, 0.25) is 0 Å². The van der Waals surface area contributed by atoms with Crippen LogP contribution in [0.4, 0.5) is 10.6 Å². The van der Waals surface area contributed by atoms with Crippen LogP contribution in [0.15, 0.2) is 23.2 Å². The molecule has 2 amide bonds. The topological polar surface area (TPSA) is 148 Å². The molecule has 3 aliphatic rings. The first-order valence-corrected chi connectivity index (χ1v) is 13.3. The largest absolute Gasteiger partial charge is 0.507 e. The smallest absolute Gasteiger partial charge is 0.410 e. The summed E-state index contributed by atoms with van der Waals surface area (Å²) in [5.41, 5.74) is 1.24. The molecule has 1 aliphatic carbocycles. The lowest BCUT2D eigenvalue weighted by molar-refractivity contribution is -0.118. The molecule has 1 aromatic heterocycles. The van der Waals surface area contributed by atoms with Crippen LogP contribution in [-0.4, -0.2) is 89.6 Å². The molecule has 39 heavy (non-hydrogen) atoms. The van der Waals surface area contributed by atoms with Crippen LogP contribution in [0, 0.1) is 0 Å². The van der Waals surface area contributed by atoms with E-state index in [1.165, 1.54) is 19.4 Å². The molecule has 0 radical (unpaired) electrons. The molecule has 3 fully saturated rings. The molecule has 210 valence electrons. The van der Waals surface area contributed by atoms with Crippen molar-refractivity contribution in [2.24, 2.45) is 4.99 Å². The second kappa shape index (κ2) is 11.5. The number of carbonyl (C=O) groups is 2. The van der Waals surface area contributed by atoms with Crippen molar-refractivity contribution in [2.75, 3.05) is 32.2 Å². The summed E-state index contributed by atoms with van der Waals surface area (Å²) >= 11 is 0. The van der Waals surface area contributed by atoms with E-state index in [9.17, 15) is 14.7 Å². The number of aromatic nitrogens is 2. The third-order valence-electron chi connectivity index (χ3n) is 7.31. The van der Waals surface area contributed by atoms with Crippen molar-refractivity contribution in [3.05, 3.63) is 29.5 Å². The molecule has 4 atom stereocenters. The Bertz CT molecular complexity index is 1220. The predicted octanol–water partition coefficient (Wildman–Crippen LogP) is 3.21. The molecule has 0 spiro atoms. The molecule has 4 unspecified atom stereocenters. The summed E-state index contributed by atoms with van der Waals surface area (Å²) in [5, 5.41) is 20.3. The maximum atomic E-state index is 12.6. The number of hydrogen-bond acceptors (Lipinski definition) is 9. The molecule has 2 aliphatic heterocycles. The number of aromatic hydroxyl groups is 1. The minimum atomic E-state index is -0.413. The fourth-order valence-electron chi connectivity index (χ4n) is 5.28. The van der Waals surface area contributed by atoms with E-state index in [1.807, 2.05) is 18.7 Å². The van der Waals surface area contributed by atoms with Gasteiger partial charge in [0.05, 0.1) is 38.0 Å². The number of hydrogen-bond donors (Lipinski definition) is 3. The average molecular weight is 542 g/mol. The van der Waals surface area contributed by atoms with E-state index < -0.39 is 5.91 Å². The SMILES string of the molecule is COc1cc(O)c(C=NC(C)C)c(OCC(=O)Nc2cc(C3CCC(OC(=O)N4C5COCC4C5)C3)[nH]n2)c1. The molecular weight excluding hydrogens is 506 g/mol. The highest BCUT2D eigenvalue weighted by Crippen LogP contribution is 2.38. The fourth-order valence-corrected chi connectivity index (χ4v) is 5.28. The number of carbonyl (C=O) groups excluding carboxylic acids is 2. The first kappa shape index (κ1) is 26.8. The number of nitrogens with zero attached hydrogens (tertiary/aromatic N) is 3. The van der Waals surface area contributed by atoms with Crippen molar-refractivity contribution in [3.63, 3.8) is 0 Å². The van der Waals surface area contributed by atoms with Gasteiger partial charge in [-0.05, 0) is 39.5 Å². The standard InChI is InChI=1S/C27H35N5O7/c1-15(2)28-11-21-23(33)8-20(36-3)9-24(21)38-14-26(34)29-25-10-22(30-31-25)16-4-5-19(6-16)39-27(35)32-17-7-18(32)13-37-12-17/h8-11,15-19,33H,4-7,12-14H2,1-3H3,(H2,29,30,31,34). The Morgan fingerprint density at radius 1 is 1.26 bits per heavy atom. The summed E-state index contributed by atoms with van der Waals surface area (Å²) in [6.07, 6.45) is 4.45. The molecule has 12 nitrogen and oxygen atoms in total. The van der Waals surface area contributed by atoms with Gasteiger partial charge in [0, 0.05) is 42.1 Å². The number of aromatic amines is 1. The zero-order chi connectivity index (χ0) is 27.5. The molecule has 2 saturated heterocycles. The van der Waals surface area contributed by atoms with E-state index in [0.717, 1.165) is 25.0 Å². The summed E-state index contributed by atoms with van der Waals surface area (Å²) in [4.78, 5) is 31.3. The lowest BCUT2D eigenvalue weighted by atomic mass is 9.92. The van der Waals surface area contributed by atoms with Crippen LogP contribution < -0.4 is 14.8 Å². The maximum Gasteiger partial charge on any atom is 0.410 e. The highest BCUT2D eigenvalue weighted by molar-refractivity contribution is 5.92. The normalized spacial score (nSPS) is 24.1. The number of fused-ring (bicyclic) bond motifs is 2. The van der Waals surface area contributed by atoms with Crippen LogP contribution in [0.5, 0.6) is 17.2 Å². The Kier molecular flexibility index (Phi) is 7.92. The van der Waals surface area contributed by atoms with Gasteiger partial charge in [-0.15, -0.1) is 0 Å². The molecule has 1 aromatic carbocycles. The van der Waals surface area contributed by atoms with Gasteiger partial charge in [-0.25, -0.2) is 4.79 Å². The monoisotopic (exact) mass is 541 g/mol. The molecule has 3 N–H and O–H groups in total. The summed E-state index contributed by atoms with van der Waals surface area (Å²) in [5.74, 6) is 0.721. The average Bonchev–Trinajstić information content (AvgIpc) is 3.56. The number of aliphatic imine (C=N–C) groups is 1. The van der Waals surface area contributed by atoms with E-state index in [1.54, 1.807) is 12.1 Å². The van der Waals surface area contributed by atoms with E-state index in [0.29, 0.717) is 36.8 Å². The Labute approximate surface area is 226 Å². The van der Waals surface area contributed by atoms with Gasteiger partial charge in [-0.2, -0.15) is 5.10 Å². The van der Waals surface area contributed by atoms with Gasteiger partial charge in [-0.3, -0.25) is 19.8 Å². The number of amides is 2. The van der Waals surface area contributed by atoms with Crippen LogP contribution in [-0.2, 0) is 14.3 Å². The molecule has 2 bridgehead atoms.